The predicted octanol–water partition coefficient (Wildman–Crippen LogP) is 2.72. The molecule has 2 rings (SSSR count). The summed E-state index contributed by atoms with van der Waals surface area (Å²) in [6.45, 7) is 0.267. The molecule has 2 atom stereocenters. The van der Waals surface area contributed by atoms with Crippen LogP contribution in [0.1, 0.15) is 23.1 Å². The summed E-state index contributed by atoms with van der Waals surface area (Å²) in [6.07, 6.45) is 2.25. The van der Waals surface area contributed by atoms with E-state index in [9.17, 15) is 5.11 Å². The Bertz CT molecular complexity index is 527. The average molecular weight is 282 g/mol. The van der Waals surface area contributed by atoms with Crippen LogP contribution in [0.2, 0.25) is 5.02 Å². The monoisotopic (exact) mass is 281 g/mol. The molecule has 1 heterocycles. The van der Waals surface area contributed by atoms with Crippen LogP contribution in [0.3, 0.4) is 0 Å². The van der Waals surface area contributed by atoms with Gasteiger partial charge in [0.25, 0.3) is 0 Å². The van der Waals surface area contributed by atoms with E-state index >= 15 is 0 Å². The van der Waals surface area contributed by atoms with E-state index in [0.29, 0.717) is 16.3 Å². The van der Waals surface area contributed by atoms with Gasteiger partial charge in [-0.05, 0) is 24.3 Å². The van der Waals surface area contributed by atoms with Gasteiger partial charge in [0.2, 0.25) is 0 Å². The van der Waals surface area contributed by atoms with Crippen molar-refractivity contribution < 1.29 is 14.3 Å². The van der Waals surface area contributed by atoms with Crippen LogP contribution in [-0.2, 0) is 0 Å². The number of hydrogen-bond acceptors (Lipinski definition) is 4. The largest absolute Gasteiger partial charge is 0.496 e. The molecule has 0 saturated heterocycles. The molecule has 1 aromatic carbocycles. The van der Waals surface area contributed by atoms with Gasteiger partial charge in [-0.15, -0.1) is 0 Å². The van der Waals surface area contributed by atoms with Crippen LogP contribution in [0.25, 0.3) is 0 Å². The molecule has 0 fully saturated rings. The maximum Gasteiger partial charge on any atom is 0.122 e. The standard InChI is InChI=1S/C14H16ClNO3/c1-18-13-3-2-10(15)6-11(13)12(7-16)14(17)9-4-5-19-8-9/h2-6,8,12,14,17H,7,16H2,1H3. The molecule has 102 valence electrons. The molecule has 0 aliphatic carbocycles. The molecule has 2 unspecified atom stereocenters. The molecule has 0 bridgehead atoms. The number of rotatable bonds is 5. The molecule has 0 spiro atoms. The fourth-order valence-electron chi connectivity index (χ4n) is 2.10. The lowest BCUT2D eigenvalue weighted by Crippen LogP contribution is -2.20. The van der Waals surface area contributed by atoms with Gasteiger partial charge in [0.15, 0.2) is 0 Å². The van der Waals surface area contributed by atoms with E-state index in [1.165, 1.54) is 12.5 Å². The normalized spacial score (nSPS) is 14.1. The molecule has 19 heavy (non-hydrogen) atoms. The molecule has 0 saturated carbocycles. The lowest BCUT2D eigenvalue weighted by atomic mass is 9.89. The van der Waals surface area contributed by atoms with Gasteiger partial charge < -0.3 is 20.0 Å². The first-order valence-electron chi connectivity index (χ1n) is 5.91. The van der Waals surface area contributed by atoms with Crippen molar-refractivity contribution >= 4 is 11.6 Å². The minimum atomic E-state index is -0.767. The molecule has 0 amide bonds. The molecular weight excluding hydrogens is 266 g/mol. The van der Waals surface area contributed by atoms with Crippen molar-refractivity contribution in [2.45, 2.75) is 12.0 Å². The molecule has 4 nitrogen and oxygen atoms in total. The second-order valence-electron chi connectivity index (χ2n) is 4.23. The number of aliphatic hydroxyl groups is 1. The first-order valence-corrected chi connectivity index (χ1v) is 6.28. The Morgan fingerprint density at radius 2 is 2.21 bits per heavy atom. The van der Waals surface area contributed by atoms with Crippen molar-refractivity contribution in [1.29, 1.82) is 0 Å². The van der Waals surface area contributed by atoms with E-state index in [1.807, 2.05) is 0 Å². The molecule has 5 heteroatoms. The van der Waals surface area contributed by atoms with Gasteiger partial charge in [0, 0.05) is 28.6 Å². The summed E-state index contributed by atoms with van der Waals surface area (Å²) in [7, 11) is 1.57. The average Bonchev–Trinajstić information content (AvgIpc) is 2.93. The highest BCUT2D eigenvalue weighted by molar-refractivity contribution is 6.30. The lowest BCUT2D eigenvalue weighted by Gasteiger charge is -2.23. The lowest BCUT2D eigenvalue weighted by molar-refractivity contribution is 0.145. The molecule has 0 radical (unpaired) electrons. The zero-order chi connectivity index (χ0) is 13.8. The molecule has 1 aromatic heterocycles. The topological polar surface area (TPSA) is 68.6 Å². The summed E-state index contributed by atoms with van der Waals surface area (Å²) < 4.78 is 10.3. The Morgan fingerprint density at radius 1 is 1.42 bits per heavy atom. The van der Waals surface area contributed by atoms with E-state index < -0.39 is 6.10 Å². The Morgan fingerprint density at radius 3 is 2.79 bits per heavy atom. The van der Waals surface area contributed by atoms with E-state index in [4.69, 9.17) is 26.5 Å². The SMILES string of the molecule is COc1ccc(Cl)cc1C(CN)C(O)c1ccoc1. The number of aliphatic hydroxyl groups excluding tert-OH is 1. The van der Waals surface area contributed by atoms with Crippen molar-refractivity contribution in [3.8, 4) is 5.75 Å². The summed E-state index contributed by atoms with van der Waals surface area (Å²) in [5.41, 5.74) is 7.26. The van der Waals surface area contributed by atoms with Crippen molar-refractivity contribution in [3.63, 3.8) is 0 Å². The van der Waals surface area contributed by atoms with Crippen molar-refractivity contribution in [1.82, 2.24) is 0 Å². The van der Waals surface area contributed by atoms with Gasteiger partial charge in [0.05, 0.1) is 25.7 Å². The minimum absolute atomic E-state index is 0.267. The molecule has 0 aliphatic rings. The van der Waals surface area contributed by atoms with Crippen LogP contribution in [-0.4, -0.2) is 18.8 Å². The maximum atomic E-state index is 10.4. The predicted molar refractivity (Wildman–Crippen MR) is 73.5 cm³/mol. The van der Waals surface area contributed by atoms with Gasteiger partial charge in [-0.25, -0.2) is 0 Å². The van der Waals surface area contributed by atoms with Gasteiger partial charge in [-0.3, -0.25) is 0 Å². The third kappa shape index (κ3) is 2.92. The van der Waals surface area contributed by atoms with Gasteiger partial charge in [-0.1, -0.05) is 11.6 Å². The number of ether oxygens (including phenoxy) is 1. The Kier molecular flexibility index (Phi) is 4.47. The second-order valence-corrected chi connectivity index (χ2v) is 4.67. The molecule has 3 N–H and O–H groups in total. The quantitative estimate of drug-likeness (QED) is 0.884. The first-order chi connectivity index (χ1) is 9.17. The van der Waals surface area contributed by atoms with Crippen LogP contribution in [0.4, 0.5) is 0 Å². The van der Waals surface area contributed by atoms with E-state index in [2.05, 4.69) is 0 Å². The number of hydrogen-bond donors (Lipinski definition) is 2. The Labute approximate surface area is 116 Å². The fourth-order valence-corrected chi connectivity index (χ4v) is 2.28. The number of furan rings is 1. The molecule has 0 aliphatic heterocycles. The number of nitrogens with two attached hydrogens (primary N) is 1. The zero-order valence-corrected chi connectivity index (χ0v) is 11.3. The van der Waals surface area contributed by atoms with Crippen LogP contribution >= 0.6 is 11.6 Å². The Balaban J connectivity index is 2.39. The Hall–Kier alpha value is -1.49. The summed E-state index contributed by atoms with van der Waals surface area (Å²) in [4.78, 5) is 0. The zero-order valence-electron chi connectivity index (χ0n) is 10.5. The second kappa shape index (κ2) is 6.10. The third-order valence-electron chi connectivity index (χ3n) is 3.11. The van der Waals surface area contributed by atoms with Crippen LogP contribution in [0.15, 0.2) is 41.2 Å². The summed E-state index contributed by atoms with van der Waals surface area (Å²) in [6, 6.07) is 6.98. The van der Waals surface area contributed by atoms with Gasteiger partial charge >= 0.3 is 0 Å². The third-order valence-corrected chi connectivity index (χ3v) is 3.35. The summed E-state index contributed by atoms with van der Waals surface area (Å²) in [5.74, 6) is 0.341. The van der Waals surface area contributed by atoms with Crippen molar-refractivity contribution in [3.05, 3.63) is 52.9 Å². The first kappa shape index (κ1) is 13.9. The van der Waals surface area contributed by atoms with Crippen LogP contribution < -0.4 is 10.5 Å². The summed E-state index contributed by atoms with van der Waals surface area (Å²) in [5, 5.41) is 11.0. The van der Waals surface area contributed by atoms with E-state index in [-0.39, 0.29) is 12.5 Å². The fraction of sp³-hybridized carbons (Fsp3) is 0.286. The van der Waals surface area contributed by atoms with Gasteiger partial charge in [-0.2, -0.15) is 0 Å². The van der Waals surface area contributed by atoms with E-state index in [1.54, 1.807) is 31.4 Å². The highest BCUT2D eigenvalue weighted by Crippen LogP contribution is 2.36. The molecule has 2 aromatic rings. The number of methoxy groups -OCH3 is 1. The van der Waals surface area contributed by atoms with E-state index in [0.717, 1.165) is 5.56 Å². The highest BCUT2D eigenvalue weighted by atomic mass is 35.5. The maximum absolute atomic E-state index is 10.4. The molecular formula is C14H16ClNO3. The van der Waals surface area contributed by atoms with Crippen LogP contribution in [0, 0.1) is 0 Å². The van der Waals surface area contributed by atoms with Gasteiger partial charge in [0.1, 0.15) is 5.75 Å². The summed E-state index contributed by atoms with van der Waals surface area (Å²) >= 11 is 6.01. The van der Waals surface area contributed by atoms with Crippen molar-refractivity contribution in [2.24, 2.45) is 5.73 Å². The van der Waals surface area contributed by atoms with Crippen molar-refractivity contribution in [2.75, 3.05) is 13.7 Å². The smallest absolute Gasteiger partial charge is 0.122 e. The van der Waals surface area contributed by atoms with Crippen LogP contribution in [0.5, 0.6) is 5.75 Å². The highest BCUT2D eigenvalue weighted by Gasteiger charge is 2.25. The number of halogens is 1. The number of benzene rings is 1. The minimum Gasteiger partial charge on any atom is -0.496 e.